The van der Waals surface area contributed by atoms with Crippen LogP contribution in [0.15, 0.2) is 34.8 Å². The first-order valence-electron chi connectivity index (χ1n) is 35.3. The van der Waals surface area contributed by atoms with Gasteiger partial charge in [0.15, 0.2) is 52.0 Å². The number of nitroso groups, excluding NO2 is 1. The van der Waals surface area contributed by atoms with Gasteiger partial charge in [-0.1, -0.05) is 20.6 Å². The molecule has 666 valence electrons. The molecule has 0 spiro atoms. The molecule has 0 aliphatic carbocycles. The number of hydrogen-bond donors (Lipinski definition) is 14. The lowest BCUT2D eigenvalue weighted by molar-refractivity contribution is -0.610. The third-order valence-corrected chi connectivity index (χ3v) is 25.1. The number of thiol groups is 1. The number of carboxylic acid groups (broad SMARTS) is 5. The fourth-order valence-electron chi connectivity index (χ4n) is 8.78. The number of aliphatic carboxylic acids is 5. The van der Waals surface area contributed by atoms with Gasteiger partial charge in [-0.05, 0) is 38.1 Å². The Morgan fingerprint density at radius 3 is 1.65 bits per heavy atom. The summed E-state index contributed by atoms with van der Waals surface area (Å²) < 4.78 is 40.7. The van der Waals surface area contributed by atoms with Crippen LogP contribution in [0.5, 0.6) is 0 Å². The van der Waals surface area contributed by atoms with E-state index in [2.05, 4.69) is 86.6 Å². The van der Waals surface area contributed by atoms with Gasteiger partial charge >= 0.3 is 47.8 Å². The summed E-state index contributed by atoms with van der Waals surface area (Å²) in [5.41, 5.74) is 19.7. The highest BCUT2D eigenvalue weighted by molar-refractivity contribution is 9.09. The molecular weight excluding hydrogens is 1840 g/mol. The number of aliphatic hydroxyl groups excluding tert-OH is 4. The number of alkyl halides is 1. The smallest absolute Gasteiger partial charge is 0.411 e. The maximum Gasteiger partial charge on any atom is 0.411 e. The van der Waals surface area contributed by atoms with Crippen LogP contribution < -0.4 is 34.9 Å². The SMILES string of the molecule is C#CC(=O)OCC.CCOC(=O)c1cc2n(n1)CCSC2.N[C@@H](CS)C(=O)O.N[C@@H](CSCCO)C(=O)O.O=C(O)[C@@H]1CSCCN1.O=C1ON=[N+]2CCSCC12.O=Cc1cc2n(n1)CCS(=O)(=O)C2.O=Cc1cc2n(n1)CCSC2.O=NN1CCSC[C@H]1C(=O)O.OCCBr.OCc1cc2n(n1)CCSC2.[Cl-].[NH3+][C@@H](CSCCO)C(=O)O. The first-order chi connectivity index (χ1) is 55.9. The Morgan fingerprint density at radius 2 is 1.24 bits per heavy atom. The lowest BCUT2D eigenvalue weighted by Gasteiger charge is -2.26. The number of hydrogen-bond acceptors (Lipinski definition) is 38. The third-order valence-electron chi connectivity index (χ3n) is 14.6. The average molecular weight is 1940 g/mol. The summed E-state index contributed by atoms with van der Waals surface area (Å²) >= 11 is 20.0. The molecule has 0 amide bonds. The van der Waals surface area contributed by atoms with Crippen LogP contribution in [0.1, 0.15) is 73.8 Å². The van der Waals surface area contributed by atoms with E-state index in [0.717, 1.165) is 113 Å². The largest absolute Gasteiger partial charge is 1.00 e. The van der Waals surface area contributed by atoms with Crippen molar-refractivity contribution in [2.45, 2.75) is 106 Å². The number of ether oxygens (including phenoxy) is 2. The van der Waals surface area contributed by atoms with E-state index in [0.29, 0.717) is 95.2 Å². The topological polar surface area (TPSA) is 626 Å². The summed E-state index contributed by atoms with van der Waals surface area (Å²) in [6.45, 7) is 9.96. The first kappa shape index (κ1) is 112. The first-order valence-corrected chi connectivity index (χ1v) is 48.1. The molecule has 17 N–H and O–H groups in total. The number of thioether (sulfide) groups is 8. The van der Waals surface area contributed by atoms with Crippen molar-refractivity contribution in [3.05, 3.63) is 74.7 Å². The van der Waals surface area contributed by atoms with Crippen LogP contribution in [0.4, 0.5) is 0 Å². The Morgan fingerprint density at radius 1 is 0.720 bits per heavy atom. The third kappa shape index (κ3) is 47.5. The van der Waals surface area contributed by atoms with Gasteiger partial charge in [0.1, 0.15) is 29.5 Å². The van der Waals surface area contributed by atoms with Gasteiger partial charge in [0, 0.05) is 122 Å². The van der Waals surface area contributed by atoms with Crippen LogP contribution in [0.25, 0.3) is 0 Å². The van der Waals surface area contributed by atoms with Gasteiger partial charge in [-0.25, -0.2) is 37.4 Å². The second kappa shape index (κ2) is 66.7. The molecule has 0 saturated carbocycles. The number of carbonyl (C=O) groups excluding carboxylic acids is 5. The summed E-state index contributed by atoms with van der Waals surface area (Å²) in [5, 5.41) is 102. The number of rotatable bonds is 22. The number of nitrogens with one attached hydrogen (secondary N) is 1. The number of halogens is 2. The standard InChI is InChI=1S/C9H12N2O2S.C7H8N2O3S.C7H10N2OS.C7H8N2OS.C5H8N2O3S.C5H7N2O2S.2C5H11NO3S.C5H9NO2S.C5H6O2.C3H7NO2S.C2H5BrO.ClH/c1-2-13-9(12)8-5-7-6-14-4-3-11(7)10-8;10-4-6-3-7-5-13(11,12)2-1-9(7)8-6;2*10-4-6-3-7-5-11-2-1-9(7)8-6;8-5(9)4-3-11-2-1-7(4)6-10;8-5-4-3-10-2-1-7(4)6-9-5;2*6-4(5(8)9)3-10-2-1-7;7-5(8)4-3-9-2-1-6-4;1-3-5(6)7-4-2;4-2(1-7)3(5)6;3-1-2-4;/h5H,2-4,6H2,1H3;3-4H,1-2,5H2;3,10H,1-2,4-5H2;3-4H,1-2,5H2;4H,1-3H2,(H,8,9);4H,1-3H2;2*4,7H,1-3,6H2,(H,8,9);4,6H,1-3H2,(H,7,8);1H,4H2,2H3;2,7H,1,4H2,(H,5,6);4H,1-2H2;1H/q;;;;;+1;;;;;;;/t;;;;4-;;3*4-;;2-;;/m....0.000.0../s1. The van der Waals surface area contributed by atoms with E-state index < -0.39 is 69.8 Å². The lowest BCUT2D eigenvalue weighted by atomic mass is 10.3. The lowest BCUT2D eigenvalue weighted by Crippen LogP contribution is -3.00. The van der Waals surface area contributed by atoms with Crippen molar-refractivity contribution >= 4 is 193 Å². The van der Waals surface area contributed by atoms with E-state index in [9.17, 15) is 61.3 Å². The number of fused-ring (bicyclic) bond motifs is 5. The molecule has 0 bridgehead atoms. The predicted molar refractivity (Wildman–Crippen MR) is 455 cm³/mol. The number of sulfone groups is 1. The summed E-state index contributed by atoms with van der Waals surface area (Å²) in [6, 6.07) is 3.85. The molecule has 12 rings (SSSR count). The van der Waals surface area contributed by atoms with Crippen molar-refractivity contribution in [1.29, 1.82) is 0 Å². The number of nitrogens with zero attached hydrogens (tertiary/aromatic N) is 12. The van der Waals surface area contributed by atoms with Gasteiger partial charge in [0.2, 0.25) is 0 Å². The zero-order valence-corrected chi connectivity index (χ0v) is 75.1. The highest BCUT2D eigenvalue weighted by Crippen LogP contribution is 2.23. The fraction of sp³-hybridized carbons (Fsp3) is 0.631. The number of aldehydes is 2. The van der Waals surface area contributed by atoms with Crippen molar-refractivity contribution in [1.82, 2.24) is 49.4 Å². The molecule has 4 aromatic rings. The van der Waals surface area contributed by atoms with Crippen molar-refractivity contribution in [3.63, 3.8) is 0 Å². The van der Waals surface area contributed by atoms with Gasteiger partial charge in [-0.15, -0.1) is 23.1 Å². The second-order valence-electron chi connectivity index (χ2n) is 23.3. The Bertz CT molecular complexity index is 3760. The molecule has 1 unspecified atom stereocenters. The summed E-state index contributed by atoms with van der Waals surface area (Å²) in [5.74, 6) is 9.42. The monoisotopic (exact) mass is 1940 g/mol. The minimum Gasteiger partial charge on any atom is -1.00 e. The molecule has 0 aromatic carbocycles. The zero-order valence-electron chi connectivity index (χ0n) is 64.5. The Balaban J connectivity index is 0.00000128. The minimum atomic E-state index is -2.97. The van der Waals surface area contributed by atoms with E-state index in [1.165, 1.54) is 52.7 Å². The average Bonchev–Trinajstić information content (AvgIpc) is 1.67. The second-order valence-corrected chi connectivity index (χ2v) is 35.8. The maximum atomic E-state index is 11.4. The van der Waals surface area contributed by atoms with Crippen LogP contribution in [-0.2, 0) is 114 Å². The normalized spacial score (nSPS) is 17.6. The molecule has 118 heavy (non-hydrogen) atoms. The van der Waals surface area contributed by atoms with Gasteiger partial charge in [0.05, 0.1) is 111 Å². The Kier molecular flexibility index (Phi) is 63.3. The molecule has 8 aliphatic rings. The Labute approximate surface area is 735 Å². The molecule has 6 atom stereocenters. The number of terminal acetylenes is 1. The van der Waals surface area contributed by atoms with Crippen LogP contribution in [0.3, 0.4) is 0 Å². The van der Waals surface area contributed by atoms with E-state index in [4.69, 9.17) is 62.2 Å². The molecule has 0 radical (unpaired) electrons. The minimum absolute atomic E-state index is 0. The van der Waals surface area contributed by atoms with E-state index in [1.807, 2.05) is 67.5 Å². The Hall–Kier alpha value is -5.95. The summed E-state index contributed by atoms with van der Waals surface area (Å²) in [7, 11) is -2.97. The van der Waals surface area contributed by atoms with Gasteiger partial charge in [-0.3, -0.25) is 47.5 Å². The van der Waals surface area contributed by atoms with Crippen molar-refractivity contribution in [3.8, 4) is 12.3 Å². The number of aliphatic hydroxyl groups is 4. The molecule has 41 nitrogen and oxygen atoms in total. The number of aromatic nitrogens is 8. The van der Waals surface area contributed by atoms with Crippen LogP contribution in [0, 0.1) is 17.3 Å². The molecule has 3 saturated heterocycles. The predicted octanol–water partition coefficient (Wildman–Crippen LogP) is -3.10. The van der Waals surface area contributed by atoms with Crippen molar-refractivity contribution < 1.29 is 139 Å². The van der Waals surface area contributed by atoms with Crippen LogP contribution in [0.2, 0.25) is 0 Å². The van der Waals surface area contributed by atoms with Crippen LogP contribution >= 0.6 is 123 Å². The fourth-order valence-corrected chi connectivity index (χ4v) is 17.3. The quantitative estimate of drug-likeness (QED) is 0.00426. The number of carboxylic acids is 5. The summed E-state index contributed by atoms with van der Waals surface area (Å²) in [4.78, 5) is 118. The maximum absolute atomic E-state index is 11.4. The highest BCUT2D eigenvalue weighted by atomic mass is 79.9. The van der Waals surface area contributed by atoms with Gasteiger partial charge in [-0.2, -0.15) is 115 Å². The zero-order chi connectivity index (χ0) is 87.7. The highest BCUT2D eigenvalue weighted by Gasteiger charge is 2.42. The number of quaternary nitrogens is 1. The number of nitrogens with two attached hydrogens (primary N) is 2. The van der Waals surface area contributed by atoms with Gasteiger partial charge < -0.3 is 90.4 Å². The summed E-state index contributed by atoms with van der Waals surface area (Å²) in [6.07, 6.45) is 6.06. The molecule has 3 fully saturated rings. The molecule has 8 aliphatic heterocycles. The number of esters is 2. The molecular formula is C65H103BrClN16O25S10+. The number of aryl methyl sites for hydroxylation is 4. The van der Waals surface area contributed by atoms with Crippen LogP contribution in [-0.4, -0.2) is 344 Å². The van der Waals surface area contributed by atoms with E-state index in [-0.39, 0.29) is 80.1 Å². The van der Waals surface area contributed by atoms with Gasteiger partial charge in [0.25, 0.3) is 6.04 Å². The van der Waals surface area contributed by atoms with Crippen molar-refractivity contribution in [2.75, 3.05) is 144 Å². The number of carbonyl (C=O) groups is 10. The van der Waals surface area contributed by atoms with E-state index in [1.54, 1.807) is 52.7 Å². The molecule has 12 heterocycles. The molecule has 53 heteroatoms. The van der Waals surface area contributed by atoms with E-state index >= 15 is 0 Å². The molecule has 4 aromatic heterocycles. The van der Waals surface area contributed by atoms with Crippen molar-refractivity contribution in [2.24, 2.45) is 22.0 Å².